The first-order chi connectivity index (χ1) is 16.4. The van der Waals surface area contributed by atoms with E-state index in [4.69, 9.17) is 21.6 Å². The Morgan fingerprint density at radius 2 is 2.00 bits per heavy atom. The van der Waals surface area contributed by atoms with Gasteiger partial charge in [-0.25, -0.2) is 18.2 Å². The molecule has 1 atom stereocenters. The van der Waals surface area contributed by atoms with Crippen molar-refractivity contribution in [3.8, 4) is 17.6 Å². The zero-order chi connectivity index (χ0) is 26.1. The topological polar surface area (TPSA) is 121 Å². The van der Waals surface area contributed by atoms with Crippen LogP contribution in [0.2, 0.25) is 5.02 Å². The quantitative estimate of drug-likeness (QED) is 0.460. The summed E-state index contributed by atoms with van der Waals surface area (Å²) in [4.78, 5) is 30.8. The first-order valence-corrected chi connectivity index (χ1v) is 9.97. The highest BCUT2D eigenvalue weighted by Crippen LogP contribution is 2.39. The van der Waals surface area contributed by atoms with Crippen molar-refractivity contribution in [3.05, 3.63) is 84.7 Å². The molecule has 8 nitrogen and oxygen atoms in total. The van der Waals surface area contributed by atoms with E-state index in [1.165, 1.54) is 25.1 Å². The van der Waals surface area contributed by atoms with E-state index in [2.05, 4.69) is 9.97 Å². The highest BCUT2D eigenvalue weighted by atomic mass is 35.5. The van der Waals surface area contributed by atoms with E-state index in [1.54, 1.807) is 0 Å². The Bertz CT molecular complexity index is 1430. The van der Waals surface area contributed by atoms with Crippen LogP contribution in [0, 0.1) is 17.1 Å². The van der Waals surface area contributed by atoms with Crippen LogP contribution in [0.25, 0.3) is 0 Å². The minimum Gasteiger partial charge on any atom is -0.446 e. The maximum Gasteiger partial charge on any atom is 0.352 e. The molecule has 0 aliphatic heterocycles. The van der Waals surface area contributed by atoms with Crippen LogP contribution in [0.5, 0.6) is 11.5 Å². The van der Waals surface area contributed by atoms with Crippen LogP contribution < -0.4 is 15.9 Å². The second kappa shape index (κ2) is 9.85. The van der Waals surface area contributed by atoms with Gasteiger partial charge in [0.2, 0.25) is 5.75 Å². The molecule has 0 saturated carbocycles. The van der Waals surface area contributed by atoms with Gasteiger partial charge in [0.1, 0.15) is 6.07 Å². The highest BCUT2D eigenvalue weighted by Gasteiger charge is 2.48. The van der Waals surface area contributed by atoms with Crippen LogP contribution in [0.1, 0.15) is 35.5 Å². The summed E-state index contributed by atoms with van der Waals surface area (Å²) in [5.74, 6) is -8.78. The van der Waals surface area contributed by atoms with E-state index in [1.807, 2.05) is 0 Å². The van der Waals surface area contributed by atoms with Gasteiger partial charge < -0.3 is 14.8 Å². The second-order valence-corrected chi connectivity index (χ2v) is 7.64. The Hall–Kier alpha value is -3.76. The first-order valence-electron chi connectivity index (χ1n) is 9.59. The summed E-state index contributed by atoms with van der Waals surface area (Å²) >= 11 is 5.76. The van der Waals surface area contributed by atoms with Crippen molar-refractivity contribution in [2.75, 3.05) is 0 Å². The SMILES string of the molecule is CC(O)c1ccc(Cn2cnc(C(F)(F)C(F)F)c(Oc3cc(Cl)cc(C#N)c3F)c2=O)c(=O)[nH]1. The van der Waals surface area contributed by atoms with Crippen LogP contribution >= 0.6 is 11.6 Å². The molecule has 1 unspecified atom stereocenters. The molecule has 1 aromatic carbocycles. The summed E-state index contributed by atoms with van der Waals surface area (Å²) in [6.07, 6.45) is -4.82. The fourth-order valence-corrected chi connectivity index (χ4v) is 3.12. The number of aromatic amines is 1. The molecule has 184 valence electrons. The third-order valence-corrected chi connectivity index (χ3v) is 4.95. The number of rotatable bonds is 7. The van der Waals surface area contributed by atoms with Gasteiger partial charge in [0, 0.05) is 22.3 Å². The lowest BCUT2D eigenvalue weighted by molar-refractivity contribution is -0.139. The lowest BCUT2D eigenvalue weighted by Gasteiger charge is -2.19. The Morgan fingerprint density at radius 3 is 2.57 bits per heavy atom. The van der Waals surface area contributed by atoms with Crippen LogP contribution in [-0.2, 0) is 12.5 Å². The van der Waals surface area contributed by atoms with Crippen molar-refractivity contribution in [1.29, 1.82) is 5.26 Å². The Kier molecular flexibility index (Phi) is 7.27. The summed E-state index contributed by atoms with van der Waals surface area (Å²) in [6, 6.07) is 5.66. The van der Waals surface area contributed by atoms with Crippen molar-refractivity contribution in [2.45, 2.75) is 31.9 Å². The van der Waals surface area contributed by atoms with Gasteiger partial charge in [0.15, 0.2) is 17.3 Å². The number of aliphatic hydroxyl groups excluding tert-OH is 1. The minimum atomic E-state index is -4.98. The largest absolute Gasteiger partial charge is 0.446 e. The van der Waals surface area contributed by atoms with Crippen molar-refractivity contribution in [1.82, 2.24) is 14.5 Å². The number of alkyl halides is 4. The van der Waals surface area contributed by atoms with E-state index in [0.29, 0.717) is 10.9 Å². The number of benzene rings is 1. The van der Waals surface area contributed by atoms with E-state index >= 15 is 0 Å². The van der Waals surface area contributed by atoms with Gasteiger partial charge in [0.25, 0.3) is 11.1 Å². The molecular formula is C21H14ClF5N4O4. The van der Waals surface area contributed by atoms with E-state index < -0.39 is 64.7 Å². The molecule has 35 heavy (non-hydrogen) atoms. The number of H-pyrrole nitrogens is 1. The molecule has 3 aromatic rings. The highest BCUT2D eigenvalue weighted by molar-refractivity contribution is 6.30. The number of halogens is 6. The number of hydrogen-bond acceptors (Lipinski definition) is 6. The zero-order valence-electron chi connectivity index (χ0n) is 17.5. The van der Waals surface area contributed by atoms with Crippen molar-refractivity contribution < 1.29 is 31.8 Å². The fraction of sp³-hybridized carbons (Fsp3) is 0.238. The summed E-state index contributed by atoms with van der Waals surface area (Å²) in [6.45, 7) is 0.817. The van der Waals surface area contributed by atoms with Crippen LogP contribution in [0.3, 0.4) is 0 Å². The number of nitrogens with one attached hydrogen (secondary N) is 1. The summed E-state index contributed by atoms with van der Waals surface area (Å²) in [5, 5.41) is 18.2. The van der Waals surface area contributed by atoms with Gasteiger partial charge in [-0.1, -0.05) is 11.6 Å². The lowest BCUT2D eigenvalue weighted by atomic mass is 10.2. The number of hydrogen-bond donors (Lipinski definition) is 2. The molecule has 0 radical (unpaired) electrons. The fourth-order valence-electron chi connectivity index (χ4n) is 2.92. The number of ether oxygens (including phenoxy) is 1. The Morgan fingerprint density at radius 1 is 1.31 bits per heavy atom. The first kappa shape index (κ1) is 25.9. The number of nitrogens with zero attached hydrogens (tertiary/aromatic N) is 3. The zero-order valence-corrected chi connectivity index (χ0v) is 18.3. The molecule has 0 spiro atoms. The molecule has 0 amide bonds. The van der Waals surface area contributed by atoms with Crippen molar-refractivity contribution >= 4 is 11.6 Å². The molecular weight excluding hydrogens is 503 g/mol. The number of nitriles is 1. The van der Waals surface area contributed by atoms with E-state index in [-0.39, 0.29) is 16.3 Å². The maximum absolute atomic E-state index is 14.5. The maximum atomic E-state index is 14.5. The molecule has 14 heteroatoms. The average molecular weight is 517 g/mol. The molecule has 2 heterocycles. The Labute approximate surface area is 197 Å². The number of aromatic nitrogens is 3. The summed E-state index contributed by atoms with van der Waals surface area (Å²) < 4.78 is 74.6. The second-order valence-electron chi connectivity index (χ2n) is 7.20. The van der Waals surface area contributed by atoms with Crippen molar-refractivity contribution in [3.63, 3.8) is 0 Å². The minimum absolute atomic E-state index is 0.0849. The smallest absolute Gasteiger partial charge is 0.352 e. The molecule has 0 fully saturated rings. The van der Waals surface area contributed by atoms with E-state index in [9.17, 15) is 36.6 Å². The molecule has 3 rings (SSSR count). The lowest BCUT2D eigenvalue weighted by Crippen LogP contribution is -2.32. The molecule has 0 saturated heterocycles. The monoisotopic (exact) mass is 516 g/mol. The summed E-state index contributed by atoms with van der Waals surface area (Å²) in [5.41, 5.74) is -4.57. The van der Waals surface area contributed by atoms with Gasteiger partial charge in [0.05, 0.1) is 24.5 Å². The predicted octanol–water partition coefficient (Wildman–Crippen LogP) is 3.85. The van der Waals surface area contributed by atoms with Gasteiger partial charge in [-0.15, -0.1) is 0 Å². The van der Waals surface area contributed by atoms with Crippen LogP contribution in [0.4, 0.5) is 22.0 Å². The third kappa shape index (κ3) is 5.18. The van der Waals surface area contributed by atoms with Crippen LogP contribution in [0.15, 0.2) is 40.2 Å². The van der Waals surface area contributed by atoms with Crippen LogP contribution in [-0.4, -0.2) is 26.1 Å². The number of aliphatic hydroxyl groups is 1. The number of pyridine rings is 1. The molecule has 0 bridgehead atoms. The molecule has 2 N–H and O–H groups in total. The van der Waals surface area contributed by atoms with Gasteiger partial charge in [-0.2, -0.15) is 14.0 Å². The van der Waals surface area contributed by atoms with E-state index in [0.717, 1.165) is 12.1 Å². The summed E-state index contributed by atoms with van der Waals surface area (Å²) in [7, 11) is 0. The molecule has 2 aromatic heterocycles. The van der Waals surface area contributed by atoms with Gasteiger partial charge >= 0.3 is 12.3 Å². The Balaban J connectivity index is 2.17. The normalized spacial score (nSPS) is 12.5. The third-order valence-electron chi connectivity index (χ3n) is 4.73. The predicted molar refractivity (Wildman–Crippen MR) is 111 cm³/mol. The standard InChI is InChI=1S/C21H14ClF5N4O4/c1-9(32)13-3-2-10(18(33)30-13)7-31-8-29-17(21(26,27)20(24)25)16(19(31)34)35-14-5-12(22)4-11(6-28)15(14)23/h2-5,8-9,20,32H,7H2,1H3,(H,30,33). The van der Waals surface area contributed by atoms with Gasteiger partial charge in [-0.3, -0.25) is 14.2 Å². The van der Waals surface area contributed by atoms with Gasteiger partial charge in [-0.05, 0) is 25.1 Å². The molecule has 0 aliphatic rings. The molecule has 0 aliphatic carbocycles. The average Bonchev–Trinajstić information content (AvgIpc) is 2.79. The van der Waals surface area contributed by atoms with Crippen molar-refractivity contribution in [2.24, 2.45) is 0 Å².